The predicted molar refractivity (Wildman–Crippen MR) is 96.0 cm³/mol. The van der Waals surface area contributed by atoms with E-state index in [-0.39, 0.29) is 12.0 Å². The molecule has 8 heteroatoms. The molecule has 2 aromatic rings. The van der Waals surface area contributed by atoms with Crippen LogP contribution in [0.5, 0.6) is 0 Å². The van der Waals surface area contributed by atoms with Gasteiger partial charge < -0.3 is 14.5 Å². The first kappa shape index (κ1) is 17.0. The zero-order valence-electron chi connectivity index (χ0n) is 15.3. The minimum atomic E-state index is -0.230. The van der Waals surface area contributed by atoms with Crippen LogP contribution in [0.15, 0.2) is 18.3 Å². The van der Waals surface area contributed by atoms with Gasteiger partial charge in [-0.1, -0.05) is 0 Å². The van der Waals surface area contributed by atoms with Crippen LogP contribution in [-0.4, -0.2) is 63.3 Å². The number of aromatic nitrogens is 4. The van der Waals surface area contributed by atoms with Gasteiger partial charge in [-0.25, -0.2) is 9.97 Å². The van der Waals surface area contributed by atoms with Crippen LogP contribution >= 0.6 is 0 Å². The number of carbonyl (C=O) groups is 1. The van der Waals surface area contributed by atoms with Gasteiger partial charge in [-0.3, -0.25) is 9.48 Å². The lowest BCUT2D eigenvalue weighted by Crippen LogP contribution is -2.43. The summed E-state index contributed by atoms with van der Waals surface area (Å²) < 4.78 is 7.55. The van der Waals surface area contributed by atoms with Crippen LogP contribution < -0.4 is 4.90 Å². The van der Waals surface area contributed by atoms with E-state index in [0.29, 0.717) is 25.4 Å². The number of amides is 1. The monoisotopic (exact) mass is 356 g/mol. The van der Waals surface area contributed by atoms with Gasteiger partial charge in [0.15, 0.2) is 0 Å². The third kappa shape index (κ3) is 3.29. The number of hydrogen-bond acceptors (Lipinski definition) is 6. The lowest BCUT2D eigenvalue weighted by atomic mass is 10.2. The number of ether oxygens (including phenoxy) is 1. The quantitative estimate of drug-likeness (QED) is 0.826. The van der Waals surface area contributed by atoms with E-state index in [1.165, 1.54) is 12.8 Å². The van der Waals surface area contributed by atoms with Gasteiger partial charge in [-0.2, -0.15) is 5.10 Å². The molecular formula is C18H24N6O2. The first-order valence-electron chi connectivity index (χ1n) is 9.11. The van der Waals surface area contributed by atoms with Crippen molar-refractivity contribution in [3.8, 4) is 0 Å². The highest BCUT2D eigenvalue weighted by Crippen LogP contribution is 2.24. The fraction of sp³-hybridized carbons (Fsp3) is 0.556. The second-order valence-electron chi connectivity index (χ2n) is 6.88. The van der Waals surface area contributed by atoms with Gasteiger partial charge in [0.2, 0.25) is 5.95 Å². The number of anilines is 1. The molecule has 2 fully saturated rings. The Balaban J connectivity index is 1.51. The van der Waals surface area contributed by atoms with Crippen molar-refractivity contribution >= 4 is 11.9 Å². The summed E-state index contributed by atoms with van der Waals surface area (Å²) in [7, 11) is 1.80. The van der Waals surface area contributed by atoms with E-state index in [0.717, 1.165) is 30.4 Å². The van der Waals surface area contributed by atoms with Crippen molar-refractivity contribution in [1.82, 2.24) is 24.6 Å². The maximum absolute atomic E-state index is 12.9. The number of rotatable bonds is 3. The first-order valence-corrected chi connectivity index (χ1v) is 9.11. The number of nitrogens with zero attached hydrogens (tertiary/aromatic N) is 6. The topological polar surface area (TPSA) is 76.4 Å². The molecule has 1 amide bonds. The van der Waals surface area contributed by atoms with Gasteiger partial charge >= 0.3 is 0 Å². The molecule has 0 radical (unpaired) electrons. The fourth-order valence-electron chi connectivity index (χ4n) is 3.60. The molecule has 2 aliphatic rings. The molecule has 2 aliphatic heterocycles. The number of hydrogen-bond donors (Lipinski definition) is 0. The van der Waals surface area contributed by atoms with Crippen LogP contribution in [0.2, 0.25) is 0 Å². The second-order valence-corrected chi connectivity index (χ2v) is 6.88. The first-order chi connectivity index (χ1) is 12.6. The normalized spacial score (nSPS) is 20.6. The molecule has 4 rings (SSSR count). The van der Waals surface area contributed by atoms with Crippen molar-refractivity contribution in [2.75, 3.05) is 37.7 Å². The zero-order chi connectivity index (χ0) is 18.1. The van der Waals surface area contributed by atoms with E-state index < -0.39 is 0 Å². The Morgan fingerprint density at radius 2 is 2.08 bits per heavy atom. The fourth-order valence-corrected chi connectivity index (χ4v) is 3.60. The summed E-state index contributed by atoms with van der Waals surface area (Å²) >= 11 is 0. The zero-order valence-corrected chi connectivity index (χ0v) is 15.3. The Morgan fingerprint density at radius 1 is 1.27 bits per heavy atom. The molecule has 0 bridgehead atoms. The largest absolute Gasteiger partial charge is 0.368 e. The average Bonchev–Trinajstić information content (AvgIpc) is 3.31. The highest BCUT2D eigenvalue weighted by atomic mass is 16.5. The summed E-state index contributed by atoms with van der Waals surface area (Å²) in [6.07, 6.45) is 3.91. The van der Waals surface area contributed by atoms with Gasteiger partial charge in [0.25, 0.3) is 5.91 Å². The average molecular weight is 356 g/mol. The van der Waals surface area contributed by atoms with E-state index in [1.807, 2.05) is 24.0 Å². The summed E-state index contributed by atoms with van der Waals surface area (Å²) in [6.45, 7) is 5.44. The molecule has 4 heterocycles. The van der Waals surface area contributed by atoms with Crippen molar-refractivity contribution in [3.05, 3.63) is 35.4 Å². The van der Waals surface area contributed by atoms with E-state index in [9.17, 15) is 4.79 Å². The number of morpholine rings is 1. The van der Waals surface area contributed by atoms with Crippen molar-refractivity contribution in [1.29, 1.82) is 0 Å². The summed E-state index contributed by atoms with van der Waals surface area (Å²) in [5.74, 6) is 0.740. The van der Waals surface area contributed by atoms with Crippen LogP contribution in [-0.2, 0) is 11.8 Å². The van der Waals surface area contributed by atoms with Crippen LogP contribution in [0, 0.1) is 6.92 Å². The Bertz CT molecular complexity index is 799. The Labute approximate surface area is 152 Å². The molecule has 0 N–H and O–H groups in total. The third-order valence-corrected chi connectivity index (χ3v) is 4.96. The SMILES string of the molecule is Cc1cc(C(=O)N2CCOC(c3ccnc(N4CCCC4)n3)C2)n(C)n1. The minimum Gasteiger partial charge on any atom is -0.368 e. The number of aryl methyl sites for hydroxylation is 2. The lowest BCUT2D eigenvalue weighted by Gasteiger charge is -2.32. The second kappa shape index (κ2) is 7.03. The maximum atomic E-state index is 12.9. The minimum absolute atomic E-state index is 0.0183. The van der Waals surface area contributed by atoms with Crippen LogP contribution in [0.4, 0.5) is 5.95 Å². The van der Waals surface area contributed by atoms with Crippen LogP contribution in [0.1, 0.15) is 40.8 Å². The summed E-state index contributed by atoms with van der Waals surface area (Å²) in [4.78, 5) is 26.0. The molecule has 1 atom stereocenters. The molecule has 26 heavy (non-hydrogen) atoms. The summed E-state index contributed by atoms with van der Waals surface area (Å²) in [5, 5.41) is 4.27. The number of carbonyl (C=O) groups excluding carboxylic acids is 1. The molecule has 0 spiro atoms. The molecule has 8 nitrogen and oxygen atoms in total. The Kier molecular flexibility index (Phi) is 4.58. The van der Waals surface area contributed by atoms with E-state index >= 15 is 0 Å². The smallest absolute Gasteiger partial charge is 0.272 e. The van der Waals surface area contributed by atoms with E-state index in [2.05, 4.69) is 15.0 Å². The van der Waals surface area contributed by atoms with Crippen molar-refractivity contribution in [3.63, 3.8) is 0 Å². The highest BCUT2D eigenvalue weighted by Gasteiger charge is 2.29. The van der Waals surface area contributed by atoms with Crippen molar-refractivity contribution in [2.45, 2.75) is 25.9 Å². The van der Waals surface area contributed by atoms with Gasteiger partial charge in [0.1, 0.15) is 11.8 Å². The van der Waals surface area contributed by atoms with Crippen LogP contribution in [0.25, 0.3) is 0 Å². The summed E-state index contributed by atoms with van der Waals surface area (Å²) in [6, 6.07) is 3.70. The predicted octanol–water partition coefficient (Wildman–Crippen LogP) is 1.33. The Morgan fingerprint density at radius 3 is 2.81 bits per heavy atom. The van der Waals surface area contributed by atoms with Gasteiger partial charge in [-0.05, 0) is 31.9 Å². The van der Waals surface area contributed by atoms with Crippen LogP contribution in [0.3, 0.4) is 0 Å². The highest BCUT2D eigenvalue weighted by molar-refractivity contribution is 5.92. The van der Waals surface area contributed by atoms with E-state index in [1.54, 1.807) is 17.9 Å². The molecular weight excluding hydrogens is 332 g/mol. The van der Waals surface area contributed by atoms with Gasteiger partial charge in [-0.15, -0.1) is 0 Å². The molecule has 0 aromatic carbocycles. The van der Waals surface area contributed by atoms with E-state index in [4.69, 9.17) is 9.72 Å². The lowest BCUT2D eigenvalue weighted by molar-refractivity contribution is -0.0250. The van der Waals surface area contributed by atoms with Crippen molar-refractivity contribution in [2.24, 2.45) is 7.05 Å². The van der Waals surface area contributed by atoms with Gasteiger partial charge in [0, 0.05) is 32.9 Å². The van der Waals surface area contributed by atoms with Gasteiger partial charge in [0.05, 0.1) is 24.5 Å². The molecule has 0 aliphatic carbocycles. The molecule has 2 saturated heterocycles. The molecule has 1 unspecified atom stereocenters. The molecule has 2 aromatic heterocycles. The summed E-state index contributed by atoms with van der Waals surface area (Å²) in [5.41, 5.74) is 2.27. The third-order valence-electron chi connectivity index (χ3n) is 4.96. The Hall–Kier alpha value is -2.48. The molecule has 0 saturated carbocycles. The standard InChI is InChI=1S/C18H24N6O2/c1-13-11-15(22(2)21-13)17(25)24-9-10-26-16(12-24)14-5-6-19-18(20-14)23-7-3-4-8-23/h5-6,11,16H,3-4,7-10,12H2,1-2H3. The molecule has 138 valence electrons. The maximum Gasteiger partial charge on any atom is 0.272 e. The van der Waals surface area contributed by atoms with Crippen molar-refractivity contribution < 1.29 is 9.53 Å².